The molecule has 6 heteroatoms. The highest BCUT2D eigenvalue weighted by Crippen LogP contribution is 2.10. The molecule has 1 amide bonds. The molecular formula is C15H16N2O4. The van der Waals surface area contributed by atoms with Crippen LogP contribution in [0.5, 0.6) is 0 Å². The van der Waals surface area contributed by atoms with Gasteiger partial charge in [0.15, 0.2) is 0 Å². The van der Waals surface area contributed by atoms with Crippen molar-refractivity contribution < 1.29 is 14.7 Å². The summed E-state index contributed by atoms with van der Waals surface area (Å²) in [6.45, 7) is 3.39. The molecule has 1 atom stereocenters. The molecule has 0 bridgehead atoms. The Hall–Kier alpha value is -2.63. The fourth-order valence-electron chi connectivity index (χ4n) is 2.07. The molecule has 6 nitrogen and oxygen atoms in total. The van der Waals surface area contributed by atoms with Crippen LogP contribution in [0.4, 0.5) is 0 Å². The minimum atomic E-state index is -1.11. The van der Waals surface area contributed by atoms with Gasteiger partial charge in [-0.3, -0.25) is 9.59 Å². The number of carboxylic acid groups (broad SMARTS) is 1. The number of hydrogen-bond donors (Lipinski definition) is 3. The van der Waals surface area contributed by atoms with Crippen LogP contribution in [0.25, 0.3) is 10.8 Å². The molecule has 1 heterocycles. The SMILES string of the molecule is CC(C)[C@@H](NC(=O)c1cc2ccccc2c(=O)[nH]1)C(=O)O. The van der Waals surface area contributed by atoms with E-state index in [1.807, 2.05) is 0 Å². The largest absolute Gasteiger partial charge is 0.480 e. The Morgan fingerprint density at radius 1 is 1.24 bits per heavy atom. The Morgan fingerprint density at radius 3 is 2.52 bits per heavy atom. The quantitative estimate of drug-likeness (QED) is 0.791. The van der Waals surface area contributed by atoms with Gasteiger partial charge in [0, 0.05) is 5.39 Å². The standard InChI is InChI=1S/C15H16N2O4/c1-8(2)12(15(20)21)17-14(19)11-7-9-5-3-4-6-10(9)13(18)16-11/h3-8,12H,1-2H3,(H,16,18)(H,17,19)(H,20,21)/t12-/m1/s1. The van der Waals surface area contributed by atoms with Crippen LogP contribution in [-0.4, -0.2) is 28.0 Å². The van der Waals surface area contributed by atoms with E-state index in [0.717, 1.165) is 0 Å². The highest BCUT2D eigenvalue weighted by Gasteiger charge is 2.24. The van der Waals surface area contributed by atoms with Crippen LogP contribution < -0.4 is 10.9 Å². The van der Waals surface area contributed by atoms with Crippen LogP contribution in [-0.2, 0) is 4.79 Å². The van der Waals surface area contributed by atoms with Gasteiger partial charge < -0.3 is 15.4 Å². The lowest BCUT2D eigenvalue weighted by atomic mass is 10.0. The van der Waals surface area contributed by atoms with Gasteiger partial charge in [-0.05, 0) is 23.4 Å². The number of rotatable bonds is 4. The maximum atomic E-state index is 12.1. The molecule has 0 fully saturated rings. The van der Waals surface area contributed by atoms with E-state index < -0.39 is 17.9 Å². The number of aliphatic carboxylic acids is 1. The number of fused-ring (bicyclic) bond motifs is 1. The second-order valence-electron chi connectivity index (χ2n) is 5.13. The predicted molar refractivity (Wildman–Crippen MR) is 78.3 cm³/mol. The maximum Gasteiger partial charge on any atom is 0.326 e. The zero-order valence-corrected chi connectivity index (χ0v) is 11.7. The second-order valence-corrected chi connectivity index (χ2v) is 5.13. The van der Waals surface area contributed by atoms with Crippen molar-refractivity contribution in [2.24, 2.45) is 5.92 Å². The third-order valence-electron chi connectivity index (χ3n) is 3.22. The highest BCUT2D eigenvalue weighted by atomic mass is 16.4. The number of carbonyl (C=O) groups is 2. The molecule has 2 rings (SSSR count). The van der Waals surface area contributed by atoms with Crippen molar-refractivity contribution in [2.75, 3.05) is 0 Å². The van der Waals surface area contributed by atoms with E-state index >= 15 is 0 Å². The van der Waals surface area contributed by atoms with Crippen molar-refractivity contribution in [3.63, 3.8) is 0 Å². The van der Waals surface area contributed by atoms with Crippen LogP contribution in [0, 0.1) is 5.92 Å². The summed E-state index contributed by atoms with van der Waals surface area (Å²) in [6.07, 6.45) is 0. The topological polar surface area (TPSA) is 99.3 Å². The average molecular weight is 288 g/mol. The minimum absolute atomic E-state index is 0.0469. The third kappa shape index (κ3) is 3.10. The molecule has 3 N–H and O–H groups in total. The minimum Gasteiger partial charge on any atom is -0.480 e. The summed E-state index contributed by atoms with van der Waals surface area (Å²) < 4.78 is 0. The highest BCUT2D eigenvalue weighted by molar-refractivity contribution is 5.98. The Morgan fingerprint density at radius 2 is 1.90 bits per heavy atom. The smallest absolute Gasteiger partial charge is 0.326 e. The summed E-state index contributed by atoms with van der Waals surface area (Å²) in [6, 6.07) is 7.40. The fourth-order valence-corrected chi connectivity index (χ4v) is 2.07. The second kappa shape index (κ2) is 5.78. The molecule has 0 spiro atoms. The van der Waals surface area contributed by atoms with Gasteiger partial charge in [-0.2, -0.15) is 0 Å². The number of nitrogens with one attached hydrogen (secondary N) is 2. The molecule has 1 aromatic heterocycles. The van der Waals surface area contributed by atoms with E-state index in [1.165, 1.54) is 6.07 Å². The number of aromatic amines is 1. The molecule has 0 aliphatic heterocycles. The van der Waals surface area contributed by atoms with E-state index in [-0.39, 0.29) is 17.2 Å². The Balaban J connectivity index is 2.36. The number of H-pyrrole nitrogens is 1. The number of hydrogen-bond acceptors (Lipinski definition) is 3. The van der Waals surface area contributed by atoms with Crippen molar-refractivity contribution in [1.29, 1.82) is 0 Å². The van der Waals surface area contributed by atoms with Crippen LogP contribution in [0.1, 0.15) is 24.3 Å². The zero-order chi connectivity index (χ0) is 15.6. The van der Waals surface area contributed by atoms with E-state index in [4.69, 9.17) is 5.11 Å². The van der Waals surface area contributed by atoms with Gasteiger partial charge >= 0.3 is 5.97 Å². The van der Waals surface area contributed by atoms with E-state index in [2.05, 4.69) is 10.3 Å². The van der Waals surface area contributed by atoms with Gasteiger partial charge in [-0.1, -0.05) is 32.0 Å². The van der Waals surface area contributed by atoms with Crippen LogP contribution in [0.3, 0.4) is 0 Å². The summed E-state index contributed by atoms with van der Waals surface area (Å²) in [5, 5.41) is 12.6. The van der Waals surface area contributed by atoms with Gasteiger partial charge in [-0.15, -0.1) is 0 Å². The number of pyridine rings is 1. The Kier molecular flexibility index (Phi) is 4.07. The third-order valence-corrected chi connectivity index (χ3v) is 3.22. The summed E-state index contributed by atoms with van der Waals surface area (Å²) in [4.78, 5) is 37.6. The van der Waals surface area contributed by atoms with Crippen molar-refractivity contribution >= 4 is 22.6 Å². The van der Waals surface area contributed by atoms with Crippen LogP contribution in [0.2, 0.25) is 0 Å². The Bertz CT molecular complexity index is 749. The number of carbonyl (C=O) groups excluding carboxylic acids is 1. The normalized spacial score (nSPS) is 12.3. The molecule has 0 saturated heterocycles. The van der Waals surface area contributed by atoms with Crippen molar-refractivity contribution in [2.45, 2.75) is 19.9 Å². The molecule has 2 aromatic rings. The first-order chi connectivity index (χ1) is 9.90. The zero-order valence-electron chi connectivity index (χ0n) is 11.7. The average Bonchev–Trinajstić information content (AvgIpc) is 2.43. The number of aromatic nitrogens is 1. The van der Waals surface area contributed by atoms with Gasteiger partial charge in [0.1, 0.15) is 11.7 Å². The van der Waals surface area contributed by atoms with E-state index in [0.29, 0.717) is 10.8 Å². The molecule has 21 heavy (non-hydrogen) atoms. The summed E-state index contributed by atoms with van der Waals surface area (Å²) in [5.41, 5.74) is -0.333. The molecule has 0 saturated carbocycles. The monoisotopic (exact) mass is 288 g/mol. The fraction of sp³-hybridized carbons (Fsp3) is 0.267. The Labute approximate surface area is 120 Å². The first kappa shape index (κ1) is 14.8. The van der Waals surface area contributed by atoms with Crippen molar-refractivity contribution in [3.8, 4) is 0 Å². The summed E-state index contributed by atoms with van der Waals surface area (Å²) in [7, 11) is 0. The lowest BCUT2D eigenvalue weighted by Crippen LogP contribution is -2.44. The lowest BCUT2D eigenvalue weighted by molar-refractivity contribution is -0.140. The predicted octanol–water partition coefficient (Wildman–Crippen LogP) is 1.37. The molecule has 0 radical (unpaired) electrons. The lowest BCUT2D eigenvalue weighted by Gasteiger charge is -2.17. The van der Waals surface area contributed by atoms with E-state index in [1.54, 1.807) is 38.1 Å². The van der Waals surface area contributed by atoms with Gasteiger partial charge in [-0.25, -0.2) is 4.79 Å². The summed E-state index contributed by atoms with van der Waals surface area (Å²) in [5.74, 6) is -1.99. The molecule has 0 aliphatic carbocycles. The number of amides is 1. The first-order valence-electron chi connectivity index (χ1n) is 6.56. The van der Waals surface area contributed by atoms with Gasteiger partial charge in [0.25, 0.3) is 11.5 Å². The molecule has 110 valence electrons. The van der Waals surface area contributed by atoms with Gasteiger partial charge in [0.05, 0.1) is 0 Å². The number of benzene rings is 1. The maximum absolute atomic E-state index is 12.1. The van der Waals surface area contributed by atoms with E-state index in [9.17, 15) is 14.4 Å². The van der Waals surface area contributed by atoms with Crippen LogP contribution >= 0.6 is 0 Å². The first-order valence-corrected chi connectivity index (χ1v) is 6.56. The number of carboxylic acids is 1. The molecule has 1 aromatic carbocycles. The molecule has 0 unspecified atom stereocenters. The molecule has 0 aliphatic rings. The van der Waals surface area contributed by atoms with Crippen molar-refractivity contribution in [3.05, 3.63) is 46.4 Å². The van der Waals surface area contributed by atoms with Crippen LogP contribution in [0.15, 0.2) is 35.1 Å². The van der Waals surface area contributed by atoms with Crippen molar-refractivity contribution in [1.82, 2.24) is 10.3 Å². The summed E-state index contributed by atoms with van der Waals surface area (Å²) >= 11 is 0. The molecular weight excluding hydrogens is 272 g/mol. The van der Waals surface area contributed by atoms with Gasteiger partial charge in [0.2, 0.25) is 0 Å².